The highest BCUT2D eigenvalue weighted by Crippen LogP contribution is 2.71. The summed E-state index contributed by atoms with van der Waals surface area (Å²) in [6, 6.07) is 0. The van der Waals surface area contributed by atoms with E-state index in [1.165, 1.54) is 6.08 Å². The normalized spacial score (nSPS) is 49.2. The Kier molecular flexibility index (Phi) is 3.20. The van der Waals surface area contributed by atoms with Gasteiger partial charge >= 0.3 is 5.97 Å². The van der Waals surface area contributed by atoms with Gasteiger partial charge in [0.1, 0.15) is 11.7 Å². The molecule has 5 heteroatoms. The third-order valence-electron chi connectivity index (χ3n) is 6.98. The number of hydrogen-bond donors (Lipinski definition) is 0. The molecule has 0 aromatic carbocycles. The Morgan fingerprint density at radius 2 is 2.12 bits per heavy atom. The highest BCUT2D eigenvalue weighted by atomic mass is 16.6. The molecule has 4 rings (SSSR count). The SMILES string of the molecule is C/C=C\C(=O)O[C@@H]1C[C@H]2O[C@@H]3C=C(C)C(=O)C[C@]3(C)[C@]1(C)[C@]21CO1. The van der Waals surface area contributed by atoms with Crippen LogP contribution in [0.5, 0.6) is 0 Å². The van der Waals surface area contributed by atoms with Crippen molar-refractivity contribution < 1.29 is 23.8 Å². The molecule has 3 fully saturated rings. The number of carbonyl (C=O) groups is 2. The molecule has 2 heterocycles. The molecule has 130 valence electrons. The Bertz CT molecular complexity index is 673. The van der Waals surface area contributed by atoms with Gasteiger partial charge in [-0.05, 0) is 25.5 Å². The van der Waals surface area contributed by atoms with Crippen LogP contribution in [0.4, 0.5) is 0 Å². The van der Waals surface area contributed by atoms with Crippen molar-refractivity contribution in [2.24, 2.45) is 10.8 Å². The Morgan fingerprint density at radius 1 is 1.42 bits per heavy atom. The Labute approximate surface area is 142 Å². The number of epoxide rings is 1. The summed E-state index contributed by atoms with van der Waals surface area (Å²) in [5.74, 6) is -0.209. The lowest BCUT2D eigenvalue weighted by Crippen LogP contribution is -2.64. The largest absolute Gasteiger partial charge is 0.458 e. The van der Waals surface area contributed by atoms with Crippen molar-refractivity contribution in [1.82, 2.24) is 0 Å². The third-order valence-corrected chi connectivity index (χ3v) is 6.98. The lowest BCUT2D eigenvalue weighted by molar-refractivity contribution is -0.208. The maximum Gasteiger partial charge on any atom is 0.330 e. The first-order chi connectivity index (χ1) is 11.3. The van der Waals surface area contributed by atoms with Crippen LogP contribution in [0.3, 0.4) is 0 Å². The average Bonchev–Trinajstić information content (AvgIpc) is 3.27. The second-order valence-corrected chi connectivity index (χ2v) is 7.95. The molecule has 4 aliphatic rings. The fraction of sp³-hybridized carbons (Fsp3) is 0.684. The zero-order valence-electron chi connectivity index (χ0n) is 14.6. The highest BCUT2D eigenvalue weighted by molar-refractivity contribution is 5.96. The Morgan fingerprint density at radius 3 is 2.75 bits per heavy atom. The van der Waals surface area contributed by atoms with E-state index in [9.17, 15) is 9.59 Å². The first-order valence-electron chi connectivity index (χ1n) is 8.63. The van der Waals surface area contributed by atoms with E-state index in [0.29, 0.717) is 19.4 Å². The van der Waals surface area contributed by atoms with Gasteiger partial charge in [-0.1, -0.05) is 19.9 Å². The van der Waals surface area contributed by atoms with Crippen LogP contribution in [0.2, 0.25) is 0 Å². The minimum atomic E-state index is -0.450. The van der Waals surface area contributed by atoms with Crippen LogP contribution in [0, 0.1) is 10.8 Å². The van der Waals surface area contributed by atoms with E-state index >= 15 is 0 Å². The summed E-state index contributed by atoms with van der Waals surface area (Å²) >= 11 is 0. The molecule has 6 atom stereocenters. The van der Waals surface area contributed by atoms with Crippen molar-refractivity contribution in [3.05, 3.63) is 23.8 Å². The van der Waals surface area contributed by atoms with Crippen LogP contribution < -0.4 is 0 Å². The molecule has 1 saturated carbocycles. The summed E-state index contributed by atoms with van der Waals surface area (Å²) in [5, 5.41) is 0. The van der Waals surface area contributed by atoms with Crippen molar-refractivity contribution in [3.8, 4) is 0 Å². The second-order valence-electron chi connectivity index (χ2n) is 7.95. The molecule has 0 N–H and O–H groups in total. The van der Waals surface area contributed by atoms with E-state index < -0.39 is 16.4 Å². The molecule has 0 aromatic rings. The maximum atomic E-state index is 12.5. The maximum absolute atomic E-state index is 12.5. The molecular weight excluding hydrogens is 308 g/mol. The van der Waals surface area contributed by atoms with Crippen LogP contribution in [-0.4, -0.2) is 42.3 Å². The number of esters is 1. The fourth-order valence-corrected chi connectivity index (χ4v) is 5.21. The van der Waals surface area contributed by atoms with Gasteiger partial charge in [-0.3, -0.25) is 4.79 Å². The molecule has 2 saturated heterocycles. The fourth-order valence-electron chi connectivity index (χ4n) is 5.21. The van der Waals surface area contributed by atoms with E-state index in [1.807, 2.05) is 13.0 Å². The summed E-state index contributed by atoms with van der Waals surface area (Å²) in [5.41, 5.74) is -0.569. The number of fused-ring (bicyclic) bond motifs is 2. The van der Waals surface area contributed by atoms with E-state index in [1.54, 1.807) is 13.0 Å². The van der Waals surface area contributed by atoms with Gasteiger partial charge in [-0.25, -0.2) is 4.79 Å². The molecule has 5 nitrogen and oxygen atoms in total. The molecule has 0 amide bonds. The van der Waals surface area contributed by atoms with Crippen LogP contribution in [0.15, 0.2) is 23.8 Å². The van der Waals surface area contributed by atoms with Gasteiger partial charge < -0.3 is 14.2 Å². The average molecular weight is 332 g/mol. The molecule has 0 radical (unpaired) electrons. The van der Waals surface area contributed by atoms with E-state index in [4.69, 9.17) is 14.2 Å². The van der Waals surface area contributed by atoms with Gasteiger partial charge in [-0.15, -0.1) is 0 Å². The lowest BCUT2D eigenvalue weighted by Gasteiger charge is -2.56. The number of rotatable bonds is 2. The van der Waals surface area contributed by atoms with Crippen molar-refractivity contribution in [3.63, 3.8) is 0 Å². The zero-order chi connectivity index (χ0) is 17.3. The minimum Gasteiger partial charge on any atom is -0.458 e. The number of ketones is 1. The summed E-state index contributed by atoms with van der Waals surface area (Å²) in [6.45, 7) is 8.43. The molecule has 1 spiro atoms. The number of ether oxygens (including phenoxy) is 3. The van der Waals surface area contributed by atoms with E-state index in [-0.39, 0.29) is 30.1 Å². The number of hydrogen-bond acceptors (Lipinski definition) is 5. The monoisotopic (exact) mass is 332 g/mol. The predicted molar refractivity (Wildman–Crippen MR) is 86.3 cm³/mol. The zero-order valence-corrected chi connectivity index (χ0v) is 14.6. The Balaban J connectivity index is 1.78. The third kappa shape index (κ3) is 1.72. The van der Waals surface area contributed by atoms with Gasteiger partial charge in [0.05, 0.1) is 18.8 Å². The van der Waals surface area contributed by atoms with Gasteiger partial charge in [0.2, 0.25) is 0 Å². The summed E-state index contributed by atoms with van der Waals surface area (Å²) in [7, 11) is 0. The highest BCUT2D eigenvalue weighted by Gasteiger charge is 2.82. The molecule has 2 aliphatic heterocycles. The van der Waals surface area contributed by atoms with Gasteiger partial charge in [0.15, 0.2) is 5.78 Å². The molecular formula is C19H24O5. The second kappa shape index (κ2) is 4.79. The van der Waals surface area contributed by atoms with Crippen LogP contribution in [0.25, 0.3) is 0 Å². The van der Waals surface area contributed by atoms with E-state index in [2.05, 4.69) is 13.8 Å². The summed E-state index contributed by atoms with van der Waals surface area (Å²) < 4.78 is 18.1. The molecule has 0 unspecified atom stereocenters. The van der Waals surface area contributed by atoms with Gasteiger partial charge in [-0.2, -0.15) is 0 Å². The van der Waals surface area contributed by atoms with Crippen LogP contribution >= 0.6 is 0 Å². The first-order valence-corrected chi connectivity index (χ1v) is 8.63. The molecule has 0 aromatic heterocycles. The Hall–Kier alpha value is -1.46. The van der Waals surface area contributed by atoms with Crippen LogP contribution in [-0.2, 0) is 23.8 Å². The van der Waals surface area contributed by atoms with Crippen molar-refractivity contribution in [2.75, 3.05) is 6.61 Å². The molecule has 2 bridgehead atoms. The van der Waals surface area contributed by atoms with Crippen LogP contribution in [0.1, 0.15) is 40.5 Å². The number of Topliss-reactive ketones (excluding diaryl/α,β-unsaturated/α-hetero) is 1. The minimum absolute atomic E-state index is 0.0961. The predicted octanol–water partition coefficient (Wildman–Crippen LogP) is 2.35. The quantitative estimate of drug-likeness (QED) is 0.441. The smallest absolute Gasteiger partial charge is 0.330 e. The van der Waals surface area contributed by atoms with Crippen molar-refractivity contribution >= 4 is 11.8 Å². The lowest BCUT2D eigenvalue weighted by atomic mass is 9.52. The number of allylic oxidation sites excluding steroid dienone is 2. The summed E-state index contributed by atoms with van der Waals surface area (Å²) in [6.07, 6.45) is 5.51. The van der Waals surface area contributed by atoms with Gasteiger partial charge in [0, 0.05) is 29.7 Å². The van der Waals surface area contributed by atoms with Crippen molar-refractivity contribution in [2.45, 2.75) is 64.4 Å². The van der Waals surface area contributed by atoms with Crippen molar-refractivity contribution in [1.29, 1.82) is 0 Å². The van der Waals surface area contributed by atoms with E-state index in [0.717, 1.165) is 5.57 Å². The molecule has 2 aliphatic carbocycles. The first kappa shape index (κ1) is 16.0. The standard InChI is InChI=1S/C19H24O5/c1-5-6-16(21)24-14-8-15-19(10-22-19)18(14,4)17(3)9-12(20)11(2)7-13(17)23-15/h5-7,13-15H,8-10H2,1-4H3/b6-5-/t13-,14-,15-,17+,18-,19+/m1/s1. The topological polar surface area (TPSA) is 65.1 Å². The van der Waals surface area contributed by atoms with Gasteiger partial charge in [0.25, 0.3) is 0 Å². The number of carbonyl (C=O) groups excluding carboxylic acids is 2. The summed E-state index contributed by atoms with van der Waals surface area (Å²) in [4.78, 5) is 24.5. The molecule has 24 heavy (non-hydrogen) atoms.